The second kappa shape index (κ2) is 4.94. The molecule has 3 aromatic rings. The van der Waals surface area contributed by atoms with E-state index in [0.717, 1.165) is 11.3 Å². The summed E-state index contributed by atoms with van der Waals surface area (Å²) in [5.41, 5.74) is 9.21. The molecule has 3 rings (SSSR count). The number of hydrogen-bond donors (Lipinski definition) is 2. The number of benzene rings is 1. The van der Waals surface area contributed by atoms with Crippen molar-refractivity contribution in [2.24, 2.45) is 0 Å². The second-order valence-electron chi connectivity index (χ2n) is 4.93. The van der Waals surface area contributed by atoms with E-state index in [1.165, 1.54) is 0 Å². The SMILES string of the molecule is Cc1cc(C)c2c(N)c(C(=O)Nc3ccccc3)oc2n1. The predicted octanol–water partition coefficient (Wildman–Crippen LogP) is 3.28. The zero-order chi connectivity index (χ0) is 15.0. The van der Waals surface area contributed by atoms with Crippen molar-refractivity contribution in [3.8, 4) is 0 Å². The molecule has 5 heteroatoms. The maximum Gasteiger partial charge on any atom is 0.293 e. The summed E-state index contributed by atoms with van der Waals surface area (Å²) >= 11 is 0. The summed E-state index contributed by atoms with van der Waals surface area (Å²) in [5.74, 6) is -0.288. The number of hydrogen-bond acceptors (Lipinski definition) is 4. The highest BCUT2D eigenvalue weighted by Crippen LogP contribution is 2.30. The van der Waals surface area contributed by atoms with Crippen LogP contribution in [0.4, 0.5) is 11.4 Å². The van der Waals surface area contributed by atoms with Gasteiger partial charge < -0.3 is 15.5 Å². The van der Waals surface area contributed by atoms with Crippen LogP contribution in [0.25, 0.3) is 11.1 Å². The Morgan fingerprint density at radius 3 is 2.67 bits per heavy atom. The van der Waals surface area contributed by atoms with Crippen LogP contribution in [0.3, 0.4) is 0 Å². The van der Waals surface area contributed by atoms with Crippen molar-refractivity contribution in [3.05, 3.63) is 53.4 Å². The Morgan fingerprint density at radius 1 is 1.24 bits per heavy atom. The molecule has 2 heterocycles. The first kappa shape index (κ1) is 13.2. The molecular formula is C16H15N3O2. The Bertz CT molecular complexity index is 822. The molecule has 0 fully saturated rings. The fourth-order valence-electron chi connectivity index (χ4n) is 2.35. The van der Waals surface area contributed by atoms with E-state index in [-0.39, 0.29) is 11.7 Å². The van der Waals surface area contributed by atoms with E-state index in [2.05, 4.69) is 10.3 Å². The molecule has 0 radical (unpaired) electrons. The number of anilines is 2. The van der Waals surface area contributed by atoms with E-state index in [9.17, 15) is 4.79 Å². The van der Waals surface area contributed by atoms with Gasteiger partial charge in [-0.3, -0.25) is 4.79 Å². The van der Waals surface area contributed by atoms with Crippen LogP contribution in [-0.2, 0) is 0 Å². The van der Waals surface area contributed by atoms with Gasteiger partial charge in [0.2, 0.25) is 11.5 Å². The van der Waals surface area contributed by atoms with Crippen molar-refractivity contribution < 1.29 is 9.21 Å². The molecule has 3 N–H and O–H groups in total. The number of aromatic nitrogens is 1. The van der Waals surface area contributed by atoms with Crippen molar-refractivity contribution in [2.45, 2.75) is 13.8 Å². The summed E-state index contributed by atoms with van der Waals surface area (Å²) in [4.78, 5) is 16.6. The molecule has 0 unspecified atom stereocenters. The molecule has 0 atom stereocenters. The normalized spacial score (nSPS) is 10.8. The van der Waals surface area contributed by atoms with Gasteiger partial charge in [-0.1, -0.05) is 18.2 Å². The maximum atomic E-state index is 12.3. The lowest BCUT2D eigenvalue weighted by Crippen LogP contribution is -2.12. The minimum atomic E-state index is -0.381. The van der Waals surface area contributed by atoms with Gasteiger partial charge in [0.15, 0.2) is 0 Å². The maximum absolute atomic E-state index is 12.3. The zero-order valence-corrected chi connectivity index (χ0v) is 11.8. The largest absolute Gasteiger partial charge is 0.430 e. The van der Waals surface area contributed by atoms with Crippen LogP contribution in [0.15, 0.2) is 40.8 Å². The lowest BCUT2D eigenvalue weighted by atomic mass is 10.1. The molecule has 0 aliphatic rings. The molecule has 0 aliphatic heterocycles. The number of nitrogens with one attached hydrogen (secondary N) is 1. The monoisotopic (exact) mass is 281 g/mol. The van der Waals surface area contributed by atoms with Crippen LogP contribution in [0.1, 0.15) is 21.8 Å². The molecule has 0 saturated heterocycles. The number of nitrogens with zero attached hydrogens (tertiary/aromatic N) is 1. The smallest absolute Gasteiger partial charge is 0.293 e. The number of nitrogens with two attached hydrogens (primary N) is 1. The number of carbonyl (C=O) groups is 1. The van der Waals surface area contributed by atoms with Crippen LogP contribution in [0, 0.1) is 13.8 Å². The molecule has 0 spiro atoms. The third-order valence-corrected chi connectivity index (χ3v) is 3.26. The first-order valence-corrected chi connectivity index (χ1v) is 6.59. The minimum absolute atomic E-state index is 0.0926. The van der Waals surface area contributed by atoms with Gasteiger partial charge in [0.1, 0.15) is 0 Å². The molecule has 0 aliphatic carbocycles. The van der Waals surface area contributed by atoms with E-state index in [0.29, 0.717) is 22.5 Å². The molecule has 1 amide bonds. The van der Waals surface area contributed by atoms with Crippen LogP contribution in [0.5, 0.6) is 0 Å². The summed E-state index contributed by atoms with van der Waals surface area (Å²) < 4.78 is 5.55. The van der Waals surface area contributed by atoms with Gasteiger partial charge in [-0.2, -0.15) is 0 Å². The summed E-state index contributed by atoms with van der Waals surface area (Å²) in [5, 5.41) is 3.45. The highest BCUT2D eigenvalue weighted by Gasteiger charge is 2.21. The van der Waals surface area contributed by atoms with Crippen molar-refractivity contribution in [2.75, 3.05) is 11.1 Å². The van der Waals surface area contributed by atoms with Crippen LogP contribution < -0.4 is 11.1 Å². The first-order valence-electron chi connectivity index (χ1n) is 6.59. The number of para-hydroxylation sites is 1. The number of amides is 1. The second-order valence-corrected chi connectivity index (χ2v) is 4.93. The lowest BCUT2D eigenvalue weighted by Gasteiger charge is -2.02. The quantitative estimate of drug-likeness (QED) is 0.755. The molecule has 0 bridgehead atoms. The third kappa shape index (κ3) is 2.33. The Labute approximate surface area is 121 Å². The van der Waals surface area contributed by atoms with Gasteiger partial charge in [0.25, 0.3) is 5.91 Å². The number of furan rings is 1. The topological polar surface area (TPSA) is 81.2 Å². The molecular weight excluding hydrogens is 266 g/mol. The Hall–Kier alpha value is -2.82. The third-order valence-electron chi connectivity index (χ3n) is 3.26. The molecule has 0 saturated carbocycles. The molecule has 2 aromatic heterocycles. The van der Waals surface area contributed by atoms with E-state index >= 15 is 0 Å². The van der Waals surface area contributed by atoms with Gasteiger partial charge in [-0.15, -0.1) is 0 Å². The van der Waals surface area contributed by atoms with Crippen LogP contribution in [0.2, 0.25) is 0 Å². The van der Waals surface area contributed by atoms with Crippen LogP contribution in [-0.4, -0.2) is 10.9 Å². The van der Waals surface area contributed by atoms with Crippen molar-refractivity contribution >= 4 is 28.4 Å². The minimum Gasteiger partial charge on any atom is -0.430 e. The van der Waals surface area contributed by atoms with Crippen LogP contribution >= 0.6 is 0 Å². The Balaban J connectivity index is 2.03. The number of carbonyl (C=O) groups excluding carboxylic acids is 1. The van der Waals surface area contributed by atoms with Crippen molar-refractivity contribution in [3.63, 3.8) is 0 Å². The predicted molar refractivity (Wildman–Crippen MR) is 82.3 cm³/mol. The number of rotatable bonds is 2. The van der Waals surface area contributed by atoms with Gasteiger partial charge in [-0.25, -0.2) is 4.98 Å². The summed E-state index contributed by atoms with van der Waals surface area (Å²) in [6, 6.07) is 11.1. The van der Waals surface area contributed by atoms with Crippen molar-refractivity contribution in [1.82, 2.24) is 4.98 Å². The van der Waals surface area contributed by atoms with E-state index in [1.54, 1.807) is 12.1 Å². The summed E-state index contributed by atoms with van der Waals surface area (Å²) in [7, 11) is 0. The summed E-state index contributed by atoms with van der Waals surface area (Å²) in [6.45, 7) is 3.79. The molecule has 5 nitrogen and oxygen atoms in total. The summed E-state index contributed by atoms with van der Waals surface area (Å²) in [6.07, 6.45) is 0. The molecule has 106 valence electrons. The van der Waals surface area contributed by atoms with E-state index < -0.39 is 0 Å². The lowest BCUT2D eigenvalue weighted by molar-refractivity contribution is 0.0999. The Kier molecular flexibility index (Phi) is 3.10. The fraction of sp³-hybridized carbons (Fsp3) is 0.125. The highest BCUT2D eigenvalue weighted by molar-refractivity contribution is 6.11. The average Bonchev–Trinajstić information content (AvgIpc) is 2.77. The standard InChI is InChI=1S/C16H15N3O2/c1-9-8-10(2)18-16-12(9)13(17)14(21-16)15(20)19-11-6-4-3-5-7-11/h3-8H,17H2,1-2H3,(H,19,20). The number of fused-ring (bicyclic) bond motifs is 1. The van der Waals surface area contributed by atoms with Gasteiger partial charge in [0.05, 0.1) is 11.1 Å². The average molecular weight is 281 g/mol. The van der Waals surface area contributed by atoms with E-state index in [1.807, 2.05) is 38.1 Å². The van der Waals surface area contributed by atoms with Crippen molar-refractivity contribution in [1.29, 1.82) is 0 Å². The Morgan fingerprint density at radius 2 is 1.95 bits per heavy atom. The highest BCUT2D eigenvalue weighted by atomic mass is 16.4. The zero-order valence-electron chi connectivity index (χ0n) is 11.8. The van der Waals surface area contributed by atoms with Gasteiger partial charge in [-0.05, 0) is 37.6 Å². The molecule has 1 aromatic carbocycles. The van der Waals surface area contributed by atoms with Gasteiger partial charge >= 0.3 is 0 Å². The first-order chi connectivity index (χ1) is 10.1. The van der Waals surface area contributed by atoms with Gasteiger partial charge in [0, 0.05) is 11.4 Å². The number of nitrogen functional groups attached to an aromatic ring is 1. The van der Waals surface area contributed by atoms with E-state index in [4.69, 9.17) is 10.2 Å². The number of aryl methyl sites for hydroxylation is 2. The fourth-order valence-corrected chi connectivity index (χ4v) is 2.35. The molecule has 21 heavy (non-hydrogen) atoms. The number of pyridine rings is 1.